The summed E-state index contributed by atoms with van der Waals surface area (Å²) in [6, 6.07) is 11.6. The molecule has 0 aromatic heterocycles. The highest BCUT2D eigenvalue weighted by Crippen LogP contribution is 2.25. The zero-order valence-corrected chi connectivity index (χ0v) is 11.5. The van der Waals surface area contributed by atoms with Crippen molar-refractivity contribution in [1.29, 1.82) is 5.26 Å². The van der Waals surface area contributed by atoms with Crippen molar-refractivity contribution in [2.45, 2.75) is 6.54 Å². The summed E-state index contributed by atoms with van der Waals surface area (Å²) in [6.07, 6.45) is 0. The third-order valence-corrected chi connectivity index (χ3v) is 3.10. The van der Waals surface area contributed by atoms with Crippen LogP contribution < -0.4 is 10.1 Å². The lowest BCUT2D eigenvalue weighted by atomic mass is 10.2. The molecule has 0 atom stereocenters. The molecular weight excluding hydrogens is 279 g/mol. The molecule has 2 aromatic rings. The lowest BCUT2D eigenvalue weighted by Gasteiger charge is -2.09. The fraction of sp³-hybridized carbons (Fsp3) is 0.133. The average Bonchev–Trinajstić information content (AvgIpc) is 2.46. The van der Waals surface area contributed by atoms with Crippen molar-refractivity contribution in [2.75, 3.05) is 12.4 Å². The SMILES string of the molecule is COc1ccc(CNc2ccc(F)c(C#N)c2)cc1Cl. The average molecular weight is 291 g/mol. The van der Waals surface area contributed by atoms with Crippen LogP contribution in [-0.2, 0) is 6.54 Å². The first kappa shape index (κ1) is 14.2. The molecule has 0 aliphatic rings. The molecule has 102 valence electrons. The highest BCUT2D eigenvalue weighted by molar-refractivity contribution is 6.32. The molecule has 0 aliphatic heterocycles. The Morgan fingerprint density at radius 1 is 1.30 bits per heavy atom. The van der Waals surface area contributed by atoms with E-state index < -0.39 is 5.82 Å². The number of halogens is 2. The first-order valence-electron chi connectivity index (χ1n) is 5.90. The number of nitrogens with one attached hydrogen (secondary N) is 1. The highest BCUT2D eigenvalue weighted by atomic mass is 35.5. The van der Waals surface area contributed by atoms with Crippen LogP contribution in [-0.4, -0.2) is 7.11 Å². The first-order valence-corrected chi connectivity index (χ1v) is 6.28. The maximum atomic E-state index is 13.2. The maximum absolute atomic E-state index is 13.2. The lowest BCUT2D eigenvalue weighted by Crippen LogP contribution is -2.00. The van der Waals surface area contributed by atoms with Crippen LogP contribution in [0.3, 0.4) is 0 Å². The van der Waals surface area contributed by atoms with Crippen molar-refractivity contribution in [2.24, 2.45) is 0 Å². The smallest absolute Gasteiger partial charge is 0.141 e. The van der Waals surface area contributed by atoms with Gasteiger partial charge in [0.25, 0.3) is 0 Å². The topological polar surface area (TPSA) is 45.0 Å². The second-order valence-corrected chi connectivity index (χ2v) is 4.54. The van der Waals surface area contributed by atoms with Crippen LogP contribution in [0.2, 0.25) is 5.02 Å². The van der Waals surface area contributed by atoms with Gasteiger partial charge in [0.15, 0.2) is 0 Å². The fourth-order valence-corrected chi connectivity index (χ4v) is 2.03. The van der Waals surface area contributed by atoms with Crippen molar-refractivity contribution in [3.63, 3.8) is 0 Å². The number of hydrogen-bond acceptors (Lipinski definition) is 3. The Balaban J connectivity index is 2.09. The molecule has 0 radical (unpaired) electrons. The van der Waals surface area contributed by atoms with Gasteiger partial charge in [-0.15, -0.1) is 0 Å². The van der Waals surface area contributed by atoms with Crippen LogP contribution in [0.4, 0.5) is 10.1 Å². The third kappa shape index (κ3) is 3.19. The van der Waals surface area contributed by atoms with Crippen LogP contribution in [0.5, 0.6) is 5.75 Å². The Morgan fingerprint density at radius 2 is 2.10 bits per heavy atom. The molecule has 1 N–H and O–H groups in total. The van der Waals surface area contributed by atoms with Crippen LogP contribution in [0, 0.1) is 17.1 Å². The standard InChI is InChI=1S/C15H12ClFN2O/c1-20-15-5-2-10(6-13(15)16)9-19-12-3-4-14(17)11(7-12)8-18/h2-7,19H,9H2,1H3. The molecule has 0 heterocycles. The Kier molecular flexibility index (Phi) is 4.44. The van der Waals surface area contributed by atoms with E-state index in [2.05, 4.69) is 5.32 Å². The number of rotatable bonds is 4. The van der Waals surface area contributed by atoms with Gasteiger partial charge in [-0.1, -0.05) is 17.7 Å². The minimum Gasteiger partial charge on any atom is -0.495 e. The van der Waals surface area contributed by atoms with Crippen molar-refractivity contribution >= 4 is 17.3 Å². The fourth-order valence-electron chi connectivity index (χ4n) is 1.74. The Bertz CT molecular complexity index is 667. The third-order valence-electron chi connectivity index (χ3n) is 2.80. The number of hydrogen-bond donors (Lipinski definition) is 1. The molecule has 0 amide bonds. The highest BCUT2D eigenvalue weighted by Gasteiger charge is 2.04. The Labute approximate surface area is 121 Å². The number of benzene rings is 2. The predicted molar refractivity (Wildman–Crippen MR) is 76.4 cm³/mol. The van der Waals surface area contributed by atoms with Gasteiger partial charge in [0.05, 0.1) is 17.7 Å². The van der Waals surface area contributed by atoms with Gasteiger partial charge in [-0.25, -0.2) is 4.39 Å². The van der Waals surface area contributed by atoms with Gasteiger partial charge in [-0.3, -0.25) is 0 Å². The number of ether oxygens (including phenoxy) is 1. The molecule has 0 saturated heterocycles. The van der Waals surface area contributed by atoms with Crippen molar-refractivity contribution < 1.29 is 9.13 Å². The summed E-state index contributed by atoms with van der Waals surface area (Å²) in [4.78, 5) is 0. The Morgan fingerprint density at radius 3 is 2.75 bits per heavy atom. The normalized spacial score (nSPS) is 9.90. The van der Waals surface area contributed by atoms with Crippen molar-refractivity contribution in [3.8, 4) is 11.8 Å². The number of anilines is 1. The molecule has 2 rings (SSSR count). The van der Waals surface area contributed by atoms with Gasteiger partial charge < -0.3 is 10.1 Å². The zero-order chi connectivity index (χ0) is 14.5. The molecule has 0 bridgehead atoms. The summed E-state index contributed by atoms with van der Waals surface area (Å²) in [7, 11) is 1.56. The van der Waals surface area contributed by atoms with Crippen LogP contribution in [0.1, 0.15) is 11.1 Å². The minimum atomic E-state index is -0.523. The molecule has 0 unspecified atom stereocenters. The molecule has 3 nitrogen and oxygen atoms in total. The summed E-state index contributed by atoms with van der Waals surface area (Å²) in [5.74, 6) is 0.0921. The lowest BCUT2D eigenvalue weighted by molar-refractivity contribution is 0.415. The zero-order valence-electron chi connectivity index (χ0n) is 10.8. The van der Waals surface area contributed by atoms with Gasteiger partial charge >= 0.3 is 0 Å². The van der Waals surface area contributed by atoms with Crippen LogP contribution in [0.25, 0.3) is 0 Å². The van der Waals surface area contributed by atoms with Gasteiger partial charge in [-0.05, 0) is 35.9 Å². The van der Waals surface area contributed by atoms with E-state index in [0.29, 0.717) is 23.0 Å². The van der Waals surface area contributed by atoms with E-state index in [0.717, 1.165) is 5.56 Å². The molecule has 2 aromatic carbocycles. The molecule has 0 spiro atoms. The predicted octanol–water partition coefficient (Wildman–Crippen LogP) is 3.97. The molecular formula is C15H12ClFN2O. The largest absolute Gasteiger partial charge is 0.495 e. The second kappa shape index (κ2) is 6.27. The molecule has 0 saturated carbocycles. The minimum absolute atomic E-state index is 0.0164. The van der Waals surface area contributed by atoms with E-state index in [9.17, 15) is 4.39 Å². The van der Waals surface area contributed by atoms with E-state index in [1.54, 1.807) is 31.4 Å². The quantitative estimate of drug-likeness (QED) is 0.926. The summed E-state index contributed by atoms with van der Waals surface area (Å²) in [5, 5.41) is 12.4. The van der Waals surface area contributed by atoms with E-state index in [4.69, 9.17) is 21.6 Å². The van der Waals surface area contributed by atoms with Gasteiger partial charge in [-0.2, -0.15) is 5.26 Å². The van der Waals surface area contributed by atoms with Crippen molar-refractivity contribution in [1.82, 2.24) is 0 Å². The van der Waals surface area contributed by atoms with Gasteiger partial charge in [0.2, 0.25) is 0 Å². The van der Waals surface area contributed by atoms with E-state index in [1.165, 1.54) is 12.1 Å². The van der Waals surface area contributed by atoms with E-state index >= 15 is 0 Å². The monoisotopic (exact) mass is 290 g/mol. The summed E-state index contributed by atoms with van der Waals surface area (Å²) >= 11 is 6.03. The van der Waals surface area contributed by atoms with E-state index in [1.807, 2.05) is 6.07 Å². The van der Waals surface area contributed by atoms with Crippen molar-refractivity contribution in [3.05, 3.63) is 58.4 Å². The van der Waals surface area contributed by atoms with E-state index in [-0.39, 0.29) is 5.56 Å². The summed E-state index contributed by atoms with van der Waals surface area (Å²) < 4.78 is 18.3. The number of nitrogens with zero attached hydrogens (tertiary/aromatic N) is 1. The Hall–Kier alpha value is -2.25. The number of methoxy groups -OCH3 is 1. The van der Waals surface area contributed by atoms with Gasteiger partial charge in [0, 0.05) is 12.2 Å². The summed E-state index contributed by atoms with van der Waals surface area (Å²) in [5.41, 5.74) is 1.65. The molecule has 0 fully saturated rings. The van der Waals surface area contributed by atoms with Crippen LogP contribution >= 0.6 is 11.6 Å². The summed E-state index contributed by atoms with van der Waals surface area (Å²) in [6.45, 7) is 0.514. The maximum Gasteiger partial charge on any atom is 0.141 e. The molecule has 0 aliphatic carbocycles. The molecule has 20 heavy (non-hydrogen) atoms. The molecule has 5 heteroatoms. The number of nitriles is 1. The van der Waals surface area contributed by atoms with Crippen LogP contribution in [0.15, 0.2) is 36.4 Å². The first-order chi connectivity index (χ1) is 9.63. The van der Waals surface area contributed by atoms with Gasteiger partial charge in [0.1, 0.15) is 17.6 Å². The second-order valence-electron chi connectivity index (χ2n) is 4.13.